The van der Waals surface area contributed by atoms with Gasteiger partial charge < -0.3 is 5.32 Å². The third kappa shape index (κ3) is 6.67. The van der Waals surface area contributed by atoms with Crippen molar-refractivity contribution >= 4 is 21.6 Å². The second-order valence-electron chi connectivity index (χ2n) is 6.00. The molecule has 0 spiro atoms. The summed E-state index contributed by atoms with van der Waals surface area (Å²) < 4.78 is 22.9. The number of rotatable bonds is 5. The summed E-state index contributed by atoms with van der Waals surface area (Å²) in [6.45, 7) is 9.66. The zero-order valence-electron chi connectivity index (χ0n) is 11.3. The second-order valence-corrected chi connectivity index (χ2v) is 10.1. The topological polar surface area (TPSA) is 46.2 Å². The molecule has 0 aliphatic carbocycles. The van der Waals surface area contributed by atoms with Crippen molar-refractivity contribution in [3.63, 3.8) is 0 Å². The van der Waals surface area contributed by atoms with Crippen molar-refractivity contribution in [1.29, 1.82) is 0 Å². The van der Waals surface area contributed by atoms with Gasteiger partial charge in [0.05, 0.1) is 11.5 Å². The molecule has 1 rings (SSSR count). The average molecular weight is 279 g/mol. The molecule has 1 N–H and O–H groups in total. The van der Waals surface area contributed by atoms with E-state index in [9.17, 15) is 8.42 Å². The van der Waals surface area contributed by atoms with E-state index in [0.717, 1.165) is 18.7 Å². The van der Waals surface area contributed by atoms with Crippen molar-refractivity contribution in [1.82, 2.24) is 5.32 Å². The van der Waals surface area contributed by atoms with Gasteiger partial charge in [-0.05, 0) is 25.8 Å². The number of thioether (sulfide) groups is 1. The minimum absolute atomic E-state index is 0.298. The summed E-state index contributed by atoms with van der Waals surface area (Å²) in [4.78, 5) is 0. The van der Waals surface area contributed by atoms with Crippen LogP contribution in [-0.2, 0) is 9.84 Å². The molecule has 0 aromatic heterocycles. The van der Waals surface area contributed by atoms with E-state index in [4.69, 9.17) is 0 Å². The van der Waals surface area contributed by atoms with Crippen molar-refractivity contribution in [3.8, 4) is 0 Å². The van der Waals surface area contributed by atoms with Gasteiger partial charge in [-0.15, -0.1) is 0 Å². The predicted molar refractivity (Wildman–Crippen MR) is 76.4 cm³/mol. The Kier molecular flexibility index (Phi) is 5.35. The molecule has 0 unspecified atom stereocenters. The average Bonchev–Trinajstić information content (AvgIpc) is 2.51. The molecule has 0 radical (unpaired) electrons. The molecule has 1 heterocycles. The van der Waals surface area contributed by atoms with Gasteiger partial charge in [0, 0.05) is 16.5 Å². The van der Waals surface area contributed by atoms with Gasteiger partial charge in [-0.2, -0.15) is 11.8 Å². The van der Waals surface area contributed by atoms with Gasteiger partial charge in [-0.3, -0.25) is 0 Å². The Morgan fingerprint density at radius 2 is 2.06 bits per heavy atom. The Balaban J connectivity index is 2.19. The maximum Gasteiger partial charge on any atom is 0.150 e. The van der Waals surface area contributed by atoms with E-state index in [2.05, 4.69) is 33.0 Å². The summed E-state index contributed by atoms with van der Waals surface area (Å²) in [7, 11) is -2.72. The van der Waals surface area contributed by atoms with E-state index in [0.29, 0.717) is 28.2 Å². The van der Waals surface area contributed by atoms with E-state index in [1.165, 1.54) is 0 Å². The molecule has 1 saturated heterocycles. The molecule has 0 aromatic rings. The quantitative estimate of drug-likeness (QED) is 0.835. The van der Waals surface area contributed by atoms with Gasteiger partial charge in [0.2, 0.25) is 0 Å². The summed E-state index contributed by atoms with van der Waals surface area (Å²) in [6.07, 6.45) is 0.828. The molecular weight excluding hydrogens is 254 g/mol. The van der Waals surface area contributed by atoms with Crippen LogP contribution in [0.1, 0.15) is 34.1 Å². The van der Waals surface area contributed by atoms with Crippen LogP contribution in [0.15, 0.2) is 0 Å². The lowest BCUT2D eigenvalue weighted by Gasteiger charge is -2.22. The van der Waals surface area contributed by atoms with Crippen LogP contribution < -0.4 is 5.32 Å². The molecule has 0 amide bonds. The fourth-order valence-electron chi connectivity index (χ4n) is 1.83. The lowest BCUT2D eigenvalue weighted by molar-refractivity contribution is 0.486. The first kappa shape index (κ1) is 15.3. The molecule has 17 heavy (non-hydrogen) atoms. The first-order valence-electron chi connectivity index (χ1n) is 6.26. The highest BCUT2D eigenvalue weighted by Crippen LogP contribution is 2.24. The molecule has 102 valence electrons. The summed E-state index contributed by atoms with van der Waals surface area (Å²) in [6, 6.07) is 0.447. The van der Waals surface area contributed by atoms with Crippen LogP contribution in [0.3, 0.4) is 0 Å². The largest absolute Gasteiger partial charge is 0.313 e. The van der Waals surface area contributed by atoms with Gasteiger partial charge in [0.1, 0.15) is 0 Å². The molecule has 5 heteroatoms. The van der Waals surface area contributed by atoms with Gasteiger partial charge in [-0.25, -0.2) is 8.42 Å². The Labute approximate surface area is 110 Å². The van der Waals surface area contributed by atoms with Gasteiger partial charge >= 0.3 is 0 Å². The smallest absolute Gasteiger partial charge is 0.150 e. The standard InChI is InChI=1S/C12H25NO2S2/c1-10(8-16-12(2,3)4)13-7-11-5-6-17(14,15)9-11/h10-11,13H,5-9H2,1-4H3/t10-,11-/m1/s1. The molecular formula is C12H25NO2S2. The first-order chi connectivity index (χ1) is 7.68. The van der Waals surface area contributed by atoms with Crippen molar-refractivity contribution in [3.05, 3.63) is 0 Å². The van der Waals surface area contributed by atoms with Crippen LogP contribution in [0.2, 0.25) is 0 Å². The third-order valence-electron chi connectivity index (χ3n) is 2.85. The maximum atomic E-state index is 11.3. The van der Waals surface area contributed by atoms with Crippen molar-refractivity contribution in [2.75, 3.05) is 23.8 Å². The summed E-state index contributed by atoms with van der Waals surface area (Å²) in [5.74, 6) is 2.15. The lowest BCUT2D eigenvalue weighted by atomic mass is 10.1. The molecule has 0 saturated carbocycles. The van der Waals surface area contributed by atoms with Crippen LogP contribution in [0.25, 0.3) is 0 Å². The zero-order valence-corrected chi connectivity index (χ0v) is 13.0. The molecule has 0 aromatic carbocycles. The van der Waals surface area contributed by atoms with Crippen molar-refractivity contribution in [2.24, 2.45) is 5.92 Å². The van der Waals surface area contributed by atoms with E-state index in [-0.39, 0.29) is 0 Å². The molecule has 0 bridgehead atoms. The zero-order chi connectivity index (χ0) is 13.1. The molecule has 1 aliphatic rings. The normalized spacial score (nSPS) is 26.0. The highest BCUT2D eigenvalue weighted by atomic mass is 32.2. The first-order valence-corrected chi connectivity index (χ1v) is 9.06. The minimum Gasteiger partial charge on any atom is -0.313 e. The van der Waals surface area contributed by atoms with Crippen LogP contribution in [0, 0.1) is 5.92 Å². The molecule has 1 aliphatic heterocycles. The van der Waals surface area contributed by atoms with E-state index >= 15 is 0 Å². The Hall–Kier alpha value is 0.260. The summed E-state index contributed by atoms with van der Waals surface area (Å²) in [5.41, 5.74) is 0. The van der Waals surface area contributed by atoms with Gasteiger partial charge in [0.15, 0.2) is 9.84 Å². The van der Waals surface area contributed by atoms with E-state index in [1.54, 1.807) is 0 Å². The van der Waals surface area contributed by atoms with Crippen LogP contribution in [-0.4, -0.2) is 43.0 Å². The predicted octanol–water partition coefficient (Wildman–Crippen LogP) is 1.93. The fraction of sp³-hybridized carbons (Fsp3) is 1.00. The minimum atomic E-state index is -2.72. The third-order valence-corrected chi connectivity index (χ3v) is 6.22. The van der Waals surface area contributed by atoms with Crippen LogP contribution in [0.5, 0.6) is 0 Å². The Morgan fingerprint density at radius 3 is 2.53 bits per heavy atom. The van der Waals surface area contributed by atoms with Crippen molar-refractivity contribution < 1.29 is 8.42 Å². The Morgan fingerprint density at radius 1 is 1.41 bits per heavy atom. The number of hydrogen-bond acceptors (Lipinski definition) is 4. The highest BCUT2D eigenvalue weighted by molar-refractivity contribution is 8.00. The van der Waals surface area contributed by atoms with Crippen LogP contribution >= 0.6 is 11.8 Å². The molecule has 2 atom stereocenters. The monoisotopic (exact) mass is 279 g/mol. The molecule has 1 fully saturated rings. The lowest BCUT2D eigenvalue weighted by Crippen LogP contribution is -2.34. The van der Waals surface area contributed by atoms with Gasteiger partial charge in [0.25, 0.3) is 0 Å². The van der Waals surface area contributed by atoms with Crippen molar-refractivity contribution in [2.45, 2.75) is 44.9 Å². The number of sulfone groups is 1. The number of hydrogen-bond donors (Lipinski definition) is 1. The van der Waals surface area contributed by atoms with Gasteiger partial charge in [-0.1, -0.05) is 20.8 Å². The second kappa shape index (κ2) is 5.93. The number of nitrogens with one attached hydrogen (secondary N) is 1. The fourth-order valence-corrected chi connectivity index (χ4v) is 4.56. The summed E-state index contributed by atoms with van der Waals surface area (Å²) in [5, 5.41) is 3.45. The summed E-state index contributed by atoms with van der Waals surface area (Å²) >= 11 is 1.94. The molecule has 3 nitrogen and oxygen atoms in total. The maximum absolute atomic E-state index is 11.3. The van der Waals surface area contributed by atoms with Crippen LogP contribution in [0.4, 0.5) is 0 Å². The highest BCUT2D eigenvalue weighted by Gasteiger charge is 2.27. The van der Waals surface area contributed by atoms with E-state index < -0.39 is 9.84 Å². The SMILES string of the molecule is C[C@H](CSC(C)(C)C)NC[C@H]1CCS(=O)(=O)C1. The van der Waals surface area contributed by atoms with E-state index in [1.807, 2.05) is 11.8 Å². The Bertz CT molecular complexity index is 333.